The van der Waals surface area contributed by atoms with Gasteiger partial charge in [-0.2, -0.15) is 0 Å². The van der Waals surface area contributed by atoms with E-state index < -0.39 is 4.92 Å². The second-order valence-corrected chi connectivity index (χ2v) is 5.77. The first-order chi connectivity index (χ1) is 11.1. The highest BCUT2D eigenvalue weighted by molar-refractivity contribution is 6.29. The summed E-state index contributed by atoms with van der Waals surface area (Å²) in [5.74, 6) is 0. The van der Waals surface area contributed by atoms with E-state index in [0.29, 0.717) is 16.4 Å². The van der Waals surface area contributed by atoms with Gasteiger partial charge in [0.15, 0.2) is 0 Å². The van der Waals surface area contributed by atoms with E-state index in [0.717, 1.165) is 38.4 Å². The number of ether oxygens (including phenoxy) is 1. The monoisotopic (exact) mass is 333 g/mol. The molecule has 0 amide bonds. The van der Waals surface area contributed by atoms with E-state index in [1.807, 2.05) is 12.1 Å². The van der Waals surface area contributed by atoms with Crippen molar-refractivity contribution in [2.45, 2.75) is 6.54 Å². The van der Waals surface area contributed by atoms with Crippen LogP contribution >= 0.6 is 11.6 Å². The number of hydrogen-bond donors (Lipinski definition) is 0. The van der Waals surface area contributed by atoms with E-state index in [9.17, 15) is 10.1 Å². The van der Waals surface area contributed by atoms with Crippen molar-refractivity contribution in [3.63, 3.8) is 0 Å². The van der Waals surface area contributed by atoms with Crippen LogP contribution in [0.5, 0.6) is 0 Å². The molecule has 2 aromatic rings. The Morgan fingerprint density at radius 1 is 1.26 bits per heavy atom. The number of nitro benzene ring substituents is 1. The first kappa shape index (κ1) is 15.9. The van der Waals surface area contributed by atoms with Crippen molar-refractivity contribution in [2.75, 3.05) is 26.3 Å². The van der Waals surface area contributed by atoms with Crippen molar-refractivity contribution in [1.82, 2.24) is 9.88 Å². The minimum Gasteiger partial charge on any atom is -0.379 e. The summed E-state index contributed by atoms with van der Waals surface area (Å²) in [7, 11) is 0. The smallest absolute Gasteiger partial charge is 0.270 e. The molecule has 0 aliphatic carbocycles. The van der Waals surface area contributed by atoms with Gasteiger partial charge < -0.3 is 4.74 Å². The molecule has 0 bridgehead atoms. The summed E-state index contributed by atoms with van der Waals surface area (Å²) >= 11 is 6.13. The van der Waals surface area contributed by atoms with Crippen molar-refractivity contribution in [3.05, 3.63) is 57.2 Å². The van der Waals surface area contributed by atoms with Gasteiger partial charge in [0, 0.05) is 37.3 Å². The average molecular weight is 334 g/mol. The average Bonchev–Trinajstić information content (AvgIpc) is 2.55. The van der Waals surface area contributed by atoms with Gasteiger partial charge in [0.25, 0.3) is 5.69 Å². The molecule has 1 aromatic carbocycles. The van der Waals surface area contributed by atoms with Crippen LogP contribution in [-0.2, 0) is 11.3 Å². The second kappa shape index (κ2) is 7.04. The molecule has 23 heavy (non-hydrogen) atoms. The van der Waals surface area contributed by atoms with Crippen LogP contribution in [-0.4, -0.2) is 41.1 Å². The summed E-state index contributed by atoms with van der Waals surface area (Å²) in [6.07, 6.45) is 0. The zero-order valence-electron chi connectivity index (χ0n) is 12.4. The summed E-state index contributed by atoms with van der Waals surface area (Å²) in [4.78, 5) is 17.1. The molecule has 6 nitrogen and oxygen atoms in total. The number of aromatic nitrogens is 1. The van der Waals surface area contributed by atoms with E-state index in [-0.39, 0.29) is 5.69 Å². The molecule has 2 heterocycles. The standard InChI is InChI=1S/C16H16ClN3O3/c17-16-9-12(11-19-4-6-23-7-5-19)8-15(18-16)13-2-1-3-14(10-13)20(21)22/h1-3,8-10H,4-7,11H2. The van der Waals surface area contributed by atoms with Crippen LogP contribution in [0, 0.1) is 10.1 Å². The van der Waals surface area contributed by atoms with Crippen molar-refractivity contribution in [1.29, 1.82) is 0 Å². The fourth-order valence-corrected chi connectivity index (χ4v) is 2.82. The summed E-state index contributed by atoms with van der Waals surface area (Å²) in [6.45, 7) is 3.98. The lowest BCUT2D eigenvalue weighted by molar-refractivity contribution is -0.384. The maximum Gasteiger partial charge on any atom is 0.270 e. The SMILES string of the molecule is O=[N+]([O-])c1cccc(-c2cc(CN3CCOCC3)cc(Cl)n2)c1. The Bertz CT molecular complexity index is 717. The van der Waals surface area contributed by atoms with Crippen molar-refractivity contribution >= 4 is 17.3 Å². The number of pyridine rings is 1. The molecular formula is C16H16ClN3O3. The predicted octanol–water partition coefficient (Wildman–Crippen LogP) is 3.14. The van der Waals surface area contributed by atoms with E-state index >= 15 is 0 Å². The van der Waals surface area contributed by atoms with Gasteiger partial charge in [0.2, 0.25) is 0 Å². The van der Waals surface area contributed by atoms with Gasteiger partial charge in [-0.1, -0.05) is 23.7 Å². The highest BCUT2D eigenvalue weighted by atomic mass is 35.5. The van der Waals surface area contributed by atoms with Crippen LogP contribution in [0.4, 0.5) is 5.69 Å². The number of hydrogen-bond acceptors (Lipinski definition) is 5. The van der Waals surface area contributed by atoms with Crippen molar-refractivity contribution < 1.29 is 9.66 Å². The normalized spacial score (nSPS) is 15.5. The zero-order valence-corrected chi connectivity index (χ0v) is 13.2. The Hall–Kier alpha value is -2.02. The van der Waals surface area contributed by atoms with E-state index in [1.54, 1.807) is 12.1 Å². The molecule has 3 rings (SSSR count). The van der Waals surface area contributed by atoms with Gasteiger partial charge in [0.1, 0.15) is 5.15 Å². The summed E-state index contributed by atoms with van der Waals surface area (Å²) in [5.41, 5.74) is 2.40. The molecule has 1 saturated heterocycles. The Morgan fingerprint density at radius 2 is 2.04 bits per heavy atom. The third-order valence-electron chi connectivity index (χ3n) is 3.72. The van der Waals surface area contributed by atoms with Crippen LogP contribution < -0.4 is 0 Å². The van der Waals surface area contributed by atoms with Crippen LogP contribution in [0.3, 0.4) is 0 Å². The van der Waals surface area contributed by atoms with Crippen LogP contribution in [0.15, 0.2) is 36.4 Å². The second-order valence-electron chi connectivity index (χ2n) is 5.38. The van der Waals surface area contributed by atoms with E-state index in [2.05, 4.69) is 9.88 Å². The molecule has 0 saturated carbocycles. The molecule has 7 heteroatoms. The fraction of sp³-hybridized carbons (Fsp3) is 0.312. The predicted molar refractivity (Wildman–Crippen MR) is 87.4 cm³/mol. The largest absolute Gasteiger partial charge is 0.379 e. The van der Waals surface area contributed by atoms with Crippen molar-refractivity contribution in [2.24, 2.45) is 0 Å². The number of benzene rings is 1. The highest BCUT2D eigenvalue weighted by Crippen LogP contribution is 2.25. The topological polar surface area (TPSA) is 68.5 Å². The lowest BCUT2D eigenvalue weighted by Gasteiger charge is -2.26. The minimum atomic E-state index is -0.414. The van der Waals surface area contributed by atoms with Gasteiger partial charge in [-0.05, 0) is 17.7 Å². The molecule has 1 aliphatic rings. The maximum atomic E-state index is 10.9. The summed E-state index contributed by atoms with van der Waals surface area (Å²) < 4.78 is 5.35. The Balaban J connectivity index is 1.87. The van der Waals surface area contributed by atoms with Gasteiger partial charge in [-0.3, -0.25) is 15.0 Å². The fourth-order valence-electron chi connectivity index (χ4n) is 2.59. The van der Waals surface area contributed by atoms with E-state index in [4.69, 9.17) is 16.3 Å². The number of nitrogens with zero attached hydrogens (tertiary/aromatic N) is 3. The molecule has 0 unspecified atom stereocenters. The Morgan fingerprint density at radius 3 is 2.78 bits per heavy atom. The first-order valence-corrected chi connectivity index (χ1v) is 7.71. The highest BCUT2D eigenvalue weighted by Gasteiger charge is 2.13. The molecule has 120 valence electrons. The van der Waals surface area contributed by atoms with E-state index in [1.165, 1.54) is 12.1 Å². The van der Waals surface area contributed by atoms with Crippen LogP contribution in [0.1, 0.15) is 5.56 Å². The van der Waals surface area contributed by atoms with Crippen LogP contribution in [0.2, 0.25) is 5.15 Å². The molecule has 0 spiro atoms. The summed E-state index contributed by atoms with van der Waals surface area (Å²) in [5, 5.41) is 11.3. The third kappa shape index (κ3) is 4.04. The number of rotatable bonds is 4. The number of halogens is 1. The van der Waals surface area contributed by atoms with Crippen molar-refractivity contribution in [3.8, 4) is 11.3 Å². The van der Waals surface area contributed by atoms with Gasteiger partial charge >= 0.3 is 0 Å². The van der Waals surface area contributed by atoms with Crippen LogP contribution in [0.25, 0.3) is 11.3 Å². The Kier molecular flexibility index (Phi) is 4.85. The van der Waals surface area contributed by atoms with Gasteiger partial charge in [-0.15, -0.1) is 0 Å². The third-order valence-corrected chi connectivity index (χ3v) is 3.91. The minimum absolute atomic E-state index is 0.0407. The molecule has 1 aromatic heterocycles. The maximum absolute atomic E-state index is 10.9. The number of nitro groups is 1. The lowest BCUT2D eigenvalue weighted by Crippen LogP contribution is -2.35. The first-order valence-electron chi connectivity index (χ1n) is 7.33. The molecular weight excluding hydrogens is 318 g/mol. The molecule has 0 atom stereocenters. The van der Waals surface area contributed by atoms with Gasteiger partial charge in [0.05, 0.1) is 23.8 Å². The quantitative estimate of drug-likeness (QED) is 0.488. The molecule has 1 aliphatic heterocycles. The Labute approximate surface area is 138 Å². The molecule has 0 radical (unpaired) electrons. The van der Waals surface area contributed by atoms with Gasteiger partial charge in [-0.25, -0.2) is 4.98 Å². The molecule has 0 N–H and O–H groups in total. The summed E-state index contributed by atoms with van der Waals surface area (Å²) in [6, 6.07) is 10.2. The number of morpholine rings is 1. The molecule has 1 fully saturated rings. The zero-order chi connectivity index (χ0) is 16.2. The lowest BCUT2D eigenvalue weighted by atomic mass is 10.1. The number of non-ortho nitro benzene ring substituents is 1.